The quantitative estimate of drug-likeness (QED) is 0.0413. The molecule has 0 unspecified atom stereocenters. The van der Waals surface area contributed by atoms with Gasteiger partial charge in [0.2, 0.25) is 47.3 Å². The lowest BCUT2D eigenvalue weighted by molar-refractivity contribution is -0.143. The van der Waals surface area contributed by atoms with E-state index in [1.807, 2.05) is 13.0 Å². The lowest BCUT2D eigenvalue weighted by atomic mass is 9.96. The van der Waals surface area contributed by atoms with E-state index >= 15 is 0 Å². The van der Waals surface area contributed by atoms with E-state index < -0.39 is 126 Å². The Balaban J connectivity index is 1.53. The van der Waals surface area contributed by atoms with Gasteiger partial charge >= 0.3 is 5.97 Å². The zero-order valence-electron chi connectivity index (χ0n) is 43.2. The number of carbonyl (C=O) groups is 9. The molecule has 410 valence electrons. The van der Waals surface area contributed by atoms with Crippen molar-refractivity contribution in [2.75, 3.05) is 25.2 Å². The molecule has 10 atom stereocenters. The first-order valence-electron chi connectivity index (χ1n) is 25.0. The lowest BCUT2D eigenvalue weighted by Gasteiger charge is -2.33. The summed E-state index contributed by atoms with van der Waals surface area (Å²) in [5.74, 6) is -8.02. The largest absolute Gasteiger partial charge is 0.508 e. The summed E-state index contributed by atoms with van der Waals surface area (Å²) in [6.07, 6.45) is 5.52. The van der Waals surface area contributed by atoms with Crippen LogP contribution in [0.25, 0.3) is 0 Å². The predicted molar refractivity (Wildman–Crippen MR) is 278 cm³/mol. The number of carboxylic acids is 1. The molecular weight excluding hydrogens is 991 g/mol. The molecule has 4 rings (SSSR count). The topological polar surface area (TPSA) is 356 Å². The second-order valence-corrected chi connectivity index (χ2v) is 20.0. The van der Waals surface area contributed by atoms with Gasteiger partial charge in [-0.3, -0.25) is 38.4 Å². The molecule has 0 aliphatic carbocycles. The van der Waals surface area contributed by atoms with E-state index in [1.54, 1.807) is 51.3 Å². The number of imidazole rings is 1. The van der Waals surface area contributed by atoms with Crippen molar-refractivity contribution in [3.05, 3.63) is 83.9 Å². The fraction of sp³-hybridized carbons (Fsp3) is 0.529. The Morgan fingerprint density at radius 2 is 1.27 bits per heavy atom. The first-order chi connectivity index (χ1) is 35.7. The average Bonchev–Trinajstić information content (AvgIpc) is 4.10. The fourth-order valence-corrected chi connectivity index (χ4v) is 8.70. The van der Waals surface area contributed by atoms with Crippen molar-refractivity contribution in [2.24, 2.45) is 17.6 Å². The number of hydrogen-bond donors (Lipinski definition) is 12. The van der Waals surface area contributed by atoms with Gasteiger partial charge < -0.3 is 68.2 Å². The van der Waals surface area contributed by atoms with E-state index in [1.165, 1.54) is 60.4 Å². The van der Waals surface area contributed by atoms with Crippen LogP contribution in [0.1, 0.15) is 77.1 Å². The molecule has 1 aliphatic rings. The minimum Gasteiger partial charge on any atom is -0.508 e. The Morgan fingerprint density at radius 1 is 0.720 bits per heavy atom. The monoisotopic (exact) mass is 1060 g/mol. The number of thioether (sulfide) groups is 1. The summed E-state index contributed by atoms with van der Waals surface area (Å²) < 4.78 is 0. The van der Waals surface area contributed by atoms with Crippen molar-refractivity contribution in [1.29, 1.82) is 0 Å². The number of aliphatic hydroxyl groups is 1. The highest BCUT2D eigenvalue weighted by Crippen LogP contribution is 2.23. The van der Waals surface area contributed by atoms with Gasteiger partial charge in [0.05, 0.1) is 19.0 Å². The number of aromatic hydroxyl groups is 1. The third kappa shape index (κ3) is 18.4. The molecule has 23 nitrogen and oxygen atoms in total. The van der Waals surface area contributed by atoms with E-state index in [0.717, 1.165) is 5.56 Å². The maximum absolute atomic E-state index is 14.5. The van der Waals surface area contributed by atoms with Crippen molar-refractivity contribution >= 4 is 65.0 Å². The molecule has 3 aromatic rings. The molecule has 24 heteroatoms. The number of aromatic amines is 1. The first-order valence-corrected chi connectivity index (χ1v) is 26.4. The predicted octanol–water partition coefficient (Wildman–Crippen LogP) is -0.593. The number of aromatic nitrogens is 2. The number of phenols is 1. The SMILES string of the molecule is CC[C@H](C)[C@H](NC(=O)[C@H](Cc1ccccc1)NC(=O)[C@H](C)N)C(=O)N1CCC[C@H]1C(=O)N[C@@H](Cc1ccc(O)cc1)C(=O)N[C@@H](CO)C(=O)N[C@H](C(=O)N[C@@H](Cc1cnc[nH]1)C(=O)N[C@@H](CCSC)C(=O)O)C(C)C. The molecule has 1 aromatic heterocycles. The number of benzene rings is 2. The van der Waals surface area contributed by atoms with Gasteiger partial charge in [-0.25, -0.2) is 9.78 Å². The maximum Gasteiger partial charge on any atom is 0.326 e. The highest BCUT2D eigenvalue weighted by Gasteiger charge is 2.42. The van der Waals surface area contributed by atoms with Crippen LogP contribution in [0, 0.1) is 11.8 Å². The molecule has 1 aliphatic heterocycles. The summed E-state index contributed by atoms with van der Waals surface area (Å²) in [7, 11) is 0. The summed E-state index contributed by atoms with van der Waals surface area (Å²) in [5, 5.41) is 48.6. The first kappa shape index (κ1) is 60.5. The molecule has 8 amide bonds. The standard InChI is InChI=1S/C51H73N11O12S/c1-7-29(4)42(61-46(68)37(56-43(65)30(5)52)22-31-12-9-8-10-13-31)50(72)62-20-11-14-40(62)48(70)57-36(23-32-15-17-34(64)18-16-32)44(66)59-39(26-63)47(69)60-41(28(2)3)49(71)58-38(24-33-25-53-27-54-33)45(67)55-35(51(73)74)19-21-75-6/h8-10,12-13,15-18,25,27-30,35-42,63-64H,7,11,14,19-24,26,52H2,1-6H3,(H,53,54)(H,55,67)(H,56,65)(H,57,70)(H,58,71)(H,59,66)(H,60,69)(H,61,68)(H,73,74)/t29-,30-,35-,36-,37-,38-,39-,40-,41-,42-/m0/s1. The van der Waals surface area contributed by atoms with Crippen LogP contribution in [0.5, 0.6) is 5.75 Å². The van der Waals surface area contributed by atoms with Crippen LogP contribution in [0.4, 0.5) is 0 Å². The van der Waals surface area contributed by atoms with Gasteiger partial charge in [0, 0.05) is 37.7 Å². The van der Waals surface area contributed by atoms with Crippen molar-refractivity contribution in [1.82, 2.24) is 52.1 Å². The molecular formula is C51H73N11O12S. The number of H-pyrrole nitrogens is 1. The van der Waals surface area contributed by atoms with E-state index in [4.69, 9.17) is 5.73 Å². The maximum atomic E-state index is 14.5. The Labute approximate surface area is 440 Å². The van der Waals surface area contributed by atoms with Gasteiger partial charge in [-0.1, -0.05) is 76.6 Å². The molecule has 75 heavy (non-hydrogen) atoms. The minimum atomic E-state index is -1.68. The molecule has 0 bridgehead atoms. The van der Waals surface area contributed by atoms with Crippen LogP contribution < -0.4 is 43.0 Å². The zero-order chi connectivity index (χ0) is 55.4. The molecule has 2 heterocycles. The van der Waals surface area contributed by atoms with Gasteiger partial charge in [0.1, 0.15) is 54.1 Å². The lowest BCUT2D eigenvalue weighted by Crippen LogP contribution is -2.62. The Kier molecular flexibility index (Phi) is 24.0. The number of aliphatic hydroxyl groups excluding tert-OH is 1. The highest BCUT2D eigenvalue weighted by molar-refractivity contribution is 7.98. The number of hydrogen-bond acceptors (Lipinski definition) is 14. The number of nitrogens with zero attached hydrogens (tertiary/aromatic N) is 2. The minimum absolute atomic E-state index is 0.0702. The van der Waals surface area contributed by atoms with Crippen molar-refractivity contribution in [3.8, 4) is 5.75 Å². The molecule has 0 spiro atoms. The van der Waals surface area contributed by atoms with Gasteiger partial charge in [-0.2, -0.15) is 11.8 Å². The second kappa shape index (κ2) is 29.7. The van der Waals surface area contributed by atoms with Crippen LogP contribution in [-0.2, 0) is 62.4 Å². The molecule has 2 aromatic carbocycles. The summed E-state index contributed by atoms with van der Waals surface area (Å²) in [6, 6.07) is 3.45. The fourth-order valence-electron chi connectivity index (χ4n) is 8.23. The second-order valence-electron chi connectivity index (χ2n) is 19.0. The smallest absolute Gasteiger partial charge is 0.326 e. The van der Waals surface area contributed by atoms with Crippen LogP contribution in [0.15, 0.2) is 67.1 Å². The van der Waals surface area contributed by atoms with E-state index in [2.05, 4.69) is 47.2 Å². The summed E-state index contributed by atoms with van der Waals surface area (Å²) in [4.78, 5) is 131. The molecule has 1 fully saturated rings. The summed E-state index contributed by atoms with van der Waals surface area (Å²) >= 11 is 1.39. The number of carbonyl (C=O) groups excluding carboxylic acids is 8. The number of rotatable bonds is 29. The number of likely N-dealkylation sites (tertiary alicyclic amines) is 1. The van der Waals surface area contributed by atoms with E-state index in [0.29, 0.717) is 29.9 Å². The molecule has 13 N–H and O–H groups in total. The number of phenolic OH excluding ortho intramolecular Hbond substituents is 1. The van der Waals surface area contributed by atoms with Crippen molar-refractivity contribution in [2.45, 2.75) is 134 Å². The van der Waals surface area contributed by atoms with E-state index in [-0.39, 0.29) is 44.4 Å². The Morgan fingerprint density at radius 3 is 1.83 bits per heavy atom. The average molecular weight is 1060 g/mol. The third-order valence-electron chi connectivity index (χ3n) is 12.9. The van der Waals surface area contributed by atoms with Crippen LogP contribution in [-0.4, -0.2) is 163 Å². The van der Waals surface area contributed by atoms with Crippen LogP contribution >= 0.6 is 11.8 Å². The number of nitrogens with one attached hydrogen (secondary N) is 8. The Hall–Kier alpha value is -7.05. The van der Waals surface area contributed by atoms with Gasteiger partial charge in [0.15, 0.2) is 0 Å². The normalized spacial score (nSPS) is 16.9. The number of nitrogens with two attached hydrogens (primary N) is 1. The van der Waals surface area contributed by atoms with Crippen LogP contribution in [0.2, 0.25) is 0 Å². The van der Waals surface area contributed by atoms with Gasteiger partial charge in [0.25, 0.3) is 0 Å². The van der Waals surface area contributed by atoms with Gasteiger partial charge in [-0.15, -0.1) is 0 Å². The summed E-state index contributed by atoms with van der Waals surface area (Å²) in [6.45, 7) is 7.47. The molecule has 0 saturated carbocycles. The number of amides is 8. The van der Waals surface area contributed by atoms with Gasteiger partial charge in [-0.05, 0) is 73.3 Å². The Bertz CT molecular complexity index is 2390. The van der Waals surface area contributed by atoms with Crippen molar-refractivity contribution in [3.63, 3.8) is 0 Å². The number of carboxylic acid groups (broad SMARTS) is 1. The molecule has 0 radical (unpaired) electrons. The molecule has 1 saturated heterocycles. The third-order valence-corrected chi connectivity index (χ3v) is 13.5. The van der Waals surface area contributed by atoms with Crippen LogP contribution in [0.3, 0.4) is 0 Å². The highest BCUT2D eigenvalue weighted by atomic mass is 32.2. The number of aliphatic carboxylic acids is 1. The summed E-state index contributed by atoms with van der Waals surface area (Å²) in [5.41, 5.74) is 7.48. The zero-order valence-corrected chi connectivity index (χ0v) is 44.0. The van der Waals surface area contributed by atoms with Crippen molar-refractivity contribution < 1.29 is 58.5 Å². The van der Waals surface area contributed by atoms with E-state index in [9.17, 15) is 58.5 Å².